The van der Waals surface area contributed by atoms with E-state index in [0.717, 1.165) is 5.66 Å². The van der Waals surface area contributed by atoms with Crippen LogP contribution in [-0.4, -0.2) is 5.66 Å². The lowest BCUT2D eigenvalue weighted by Crippen LogP contribution is -2.48. The smallest absolute Gasteiger partial charge is 0.0200 e. The minimum Gasteiger partial charge on any atom is -0.134 e. The van der Waals surface area contributed by atoms with E-state index in [-0.39, 0.29) is 0 Å². The van der Waals surface area contributed by atoms with E-state index in [1.807, 2.05) is 0 Å². The molecule has 0 aliphatic heterocycles. The minimum absolute atomic E-state index is 0.427. The first-order valence-electron chi connectivity index (χ1n) is 6.36. The second kappa shape index (κ2) is 4.02. The summed E-state index contributed by atoms with van der Waals surface area (Å²) in [7, 11) is 3.02. The van der Waals surface area contributed by atoms with Crippen molar-refractivity contribution in [2.45, 2.75) is 72.9 Å². The van der Waals surface area contributed by atoms with Crippen LogP contribution in [0.3, 0.4) is 0 Å². The number of hydrogen-bond donors (Lipinski definition) is 0. The van der Waals surface area contributed by atoms with Gasteiger partial charge in [0.25, 0.3) is 0 Å². The molecule has 0 spiro atoms. The van der Waals surface area contributed by atoms with Gasteiger partial charge in [-0.15, -0.1) is 9.24 Å². The molecule has 0 amide bonds. The van der Waals surface area contributed by atoms with Gasteiger partial charge >= 0.3 is 0 Å². The van der Waals surface area contributed by atoms with Gasteiger partial charge in [-0.05, 0) is 47.6 Å². The zero-order valence-electron chi connectivity index (χ0n) is 11.5. The van der Waals surface area contributed by atoms with Gasteiger partial charge in [-0.1, -0.05) is 41.5 Å². The summed E-state index contributed by atoms with van der Waals surface area (Å²) in [6.07, 6.45) is 5.57. The van der Waals surface area contributed by atoms with Gasteiger partial charge in [0.2, 0.25) is 0 Å². The predicted molar refractivity (Wildman–Crippen MR) is 73.3 cm³/mol. The average Bonchev–Trinajstić information content (AvgIpc) is 2.00. The fourth-order valence-electron chi connectivity index (χ4n) is 3.76. The van der Waals surface area contributed by atoms with Gasteiger partial charge in [-0.25, -0.2) is 0 Å². The van der Waals surface area contributed by atoms with Crippen LogP contribution < -0.4 is 0 Å². The molecule has 0 nitrogen and oxygen atoms in total. The van der Waals surface area contributed by atoms with E-state index in [1.165, 1.54) is 25.7 Å². The first-order chi connectivity index (χ1) is 6.60. The second-order valence-corrected chi connectivity index (χ2v) is 8.36. The Balaban J connectivity index is 2.99. The minimum atomic E-state index is 0.427. The summed E-state index contributed by atoms with van der Waals surface area (Å²) in [4.78, 5) is 0. The molecule has 0 bridgehead atoms. The van der Waals surface area contributed by atoms with Crippen molar-refractivity contribution in [1.29, 1.82) is 0 Å². The number of rotatable bonds is 0. The molecule has 0 aromatic rings. The van der Waals surface area contributed by atoms with Gasteiger partial charge in [0, 0.05) is 0 Å². The van der Waals surface area contributed by atoms with Crippen molar-refractivity contribution in [2.75, 3.05) is 0 Å². The molecule has 0 N–H and O–H groups in total. The van der Waals surface area contributed by atoms with Crippen LogP contribution in [0.2, 0.25) is 0 Å². The summed E-state index contributed by atoms with van der Waals surface area (Å²) < 4.78 is 0. The van der Waals surface area contributed by atoms with Gasteiger partial charge < -0.3 is 0 Å². The van der Waals surface area contributed by atoms with Crippen LogP contribution in [0, 0.1) is 16.2 Å². The third kappa shape index (κ3) is 2.41. The van der Waals surface area contributed by atoms with Crippen molar-refractivity contribution in [1.82, 2.24) is 0 Å². The van der Waals surface area contributed by atoms with Crippen molar-refractivity contribution in [3.05, 3.63) is 0 Å². The SMILES string of the molecule is CC(C)(C)C1(C(C)(C)C)CCC(P)CC1. The zero-order valence-corrected chi connectivity index (χ0v) is 12.6. The average molecular weight is 228 g/mol. The maximum absolute atomic E-state index is 3.02. The predicted octanol–water partition coefficient (Wildman–Crippen LogP) is 4.88. The Hall–Kier alpha value is 0.430. The lowest BCUT2D eigenvalue weighted by Gasteiger charge is -2.57. The van der Waals surface area contributed by atoms with E-state index in [4.69, 9.17) is 0 Å². The molecule has 1 atom stereocenters. The monoisotopic (exact) mass is 228 g/mol. The van der Waals surface area contributed by atoms with E-state index in [9.17, 15) is 0 Å². The van der Waals surface area contributed by atoms with Crippen LogP contribution in [0.25, 0.3) is 0 Å². The van der Waals surface area contributed by atoms with Crippen molar-refractivity contribution in [3.8, 4) is 0 Å². The fourth-order valence-corrected chi connectivity index (χ4v) is 4.09. The standard InChI is InChI=1S/C14H29P/c1-12(2,3)14(13(4,5)6)9-7-11(15)8-10-14/h11H,7-10,15H2,1-6H3. The molecule has 90 valence electrons. The van der Waals surface area contributed by atoms with Crippen LogP contribution in [0.5, 0.6) is 0 Å². The molecule has 0 aromatic heterocycles. The highest BCUT2D eigenvalue weighted by molar-refractivity contribution is 7.17. The highest BCUT2D eigenvalue weighted by atomic mass is 31.0. The Morgan fingerprint density at radius 2 is 1.20 bits per heavy atom. The molecule has 1 rings (SSSR count). The second-order valence-electron chi connectivity index (χ2n) is 7.42. The third-order valence-electron chi connectivity index (χ3n) is 4.76. The lowest BCUT2D eigenvalue weighted by molar-refractivity contribution is -0.0627. The largest absolute Gasteiger partial charge is 0.134 e. The maximum atomic E-state index is 3.02. The summed E-state index contributed by atoms with van der Waals surface area (Å²) >= 11 is 0. The van der Waals surface area contributed by atoms with Gasteiger partial charge in [-0.2, -0.15) is 0 Å². The Labute approximate surface area is 98.8 Å². The molecular formula is C14H29P. The Bertz CT molecular complexity index is 192. The highest BCUT2D eigenvalue weighted by Crippen LogP contribution is 2.60. The van der Waals surface area contributed by atoms with Crippen molar-refractivity contribution >= 4 is 9.24 Å². The van der Waals surface area contributed by atoms with E-state index in [2.05, 4.69) is 50.8 Å². The molecule has 1 aliphatic rings. The normalized spacial score (nSPS) is 24.2. The molecule has 1 aliphatic carbocycles. The van der Waals surface area contributed by atoms with Crippen LogP contribution in [0.4, 0.5) is 0 Å². The van der Waals surface area contributed by atoms with Gasteiger partial charge in [0.05, 0.1) is 0 Å². The molecular weight excluding hydrogens is 199 g/mol. The maximum Gasteiger partial charge on any atom is -0.0200 e. The van der Waals surface area contributed by atoms with E-state index in [0.29, 0.717) is 16.2 Å². The zero-order chi connectivity index (χ0) is 11.9. The summed E-state index contributed by atoms with van der Waals surface area (Å²) in [5.41, 5.74) is 2.24. The molecule has 1 saturated carbocycles. The number of hydrogen-bond acceptors (Lipinski definition) is 0. The highest BCUT2D eigenvalue weighted by Gasteiger charge is 2.50. The third-order valence-corrected chi connectivity index (χ3v) is 5.42. The summed E-state index contributed by atoms with van der Waals surface area (Å²) in [5, 5.41) is 0. The van der Waals surface area contributed by atoms with Crippen LogP contribution in [0.15, 0.2) is 0 Å². The van der Waals surface area contributed by atoms with E-state index < -0.39 is 0 Å². The van der Waals surface area contributed by atoms with Gasteiger partial charge in [0.1, 0.15) is 0 Å². The Kier molecular flexibility index (Phi) is 3.62. The van der Waals surface area contributed by atoms with Crippen molar-refractivity contribution in [2.24, 2.45) is 16.2 Å². The molecule has 0 radical (unpaired) electrons. The van der Waals surface area contributed by atoms with Crippen molar-refractivity contribution in [3.63, 3.8) is 0 Å². The van der Waals surface area contributed by atoms with Crippen LogP contribution in [0.1, 0.15) is 67.2 Å². The molecule has 1 heteroatoms. The van der Waals surface area contributed by atoms with Crippen LogP contribution in [-0.2, 0) is 0 Å². The van der Waals surface area contributed by atoms with Gasteiger partial charge in [-0.3, -0.25) is 0 Å². The molecule has 1 fully saturated rings. The fraction of sp³-hybridized carbons (Fsp3) is 1.00. The first kappa shape index (κ1) is 13.5. The molecule has 15 heavy (non-hydrogen) atoms. The Morgan fingerprint density at radius 1 is 0.867 bits per heavy atom. The Morgan fingerprint density at radius 3 is 1.47 bits per heavy atom. The van der Waals surface area contributed by atoms with E-state index >= 15 is 0 Å². The topological polar surface area (TPSA) is 0 Å². The summed E-state index contributed by atoms with van der Waals surface area (Å²) in [6, 6.07) is 0. The molecule has 1 unspecified atom stereocenters. The van der Waals surface area contributed by atoms with Crippen LogP contribution >= 0.6 is 9.24 Å². The van der Waals surface area contributed by atoms with E-state index in [1.54, 1.807) is 0 Å². The summed E-state index contributed by atoms with van der Waals surface area (Å²) in [6.45, 7) is 14.6. The molecule has 0 aromatic carbocycles. The van der Waals surface area contributed by atoms with Gasteiger partial charge in [0.15, 0.2) is 0 Å². The molecule has 0 heterocycles. The first-order valence-corrected chi connectivity index (χ1v) is 7.02. The summed E-state index contributed by atoms with van der Waals surface area (Å²) in [5.74, 6) is 0. The lowest BCUT2D eigenvalue weighted by atomic mass is 9.49. The molecule has 0 saturated heterocycles. The quantitative estimate of drug-likeness (QED) is 0.518. The van der Waals surface area contributed by atoms with Crippen molar-refractivity contribution < 1.29 is 0 Å².